The Kier molecular flexibility index (Phi) is 4.79. The van der Waals surface area contributed by atoms with Crippen molar-refractivity contribution in [3.63, 3.8) is 0 Å². The van der Waals surface area contributed by atoms with Gasteiger partial charge in [-0.2, -0.15) is 0 Å². The van der Waals surface area contributed by atoms with E-state index in [1.54, 1.807) is 0 Å². The molecular formula is C13H25NO3. The number of nitrogens with one attached hydrogen (secondary N) is 1. The zero-order valence-electron chi connectivity index (χ0n) is 10.5. The second-order valence-corrected chi connectivity index (χ2v) is 5.49. The maximum Gasteiger partial charge on any atom is 0.0708 e. The lowest BCUT2D eigenvalue weighted by atomic mass is 9.83. The average molecular weight is 243 g/mol. The largest absolute Gasteiger partial charge is 0.395 e. The van der Waals surface area contributed by atoms with Crippen molar-refractivity contribution in [2.45, 2.75) is 62.7 Å². The van der Waals surface area contributed by atoms with Crippen molar-refractivity contribution in [2.24, 2.45) is 0 Å². The van der Waals surface area contributed by atoms with Gasteiger partial charge in [-0.3, -0.25) is 0 Å². The number of rotatable bonds is 5. The van der Waals surface area contributed by atoms with Crippen LogP contribution in [0.5, 0.6) is 0 Å². The third kappa shape index (κ3) is 3.41. The van der Waals surface area contributed by atoms with Gasteiger partial charge in [0.1, 0.15) is 0 Å². The molecule has 0 amide bonds. The number of hydrogen-bond donors (Lipinski definition) is 3. The van der Waals surface area contributed by atoms with Crippen molar-refractivity contribution in [1.82, 2.24) is 5.32 Å². The summed E-state index contributed by atoms with van der Waals surface area (Å²) in [6, 6.07) is -0.207. The van der Waals surface area contributed by atoms with Crippen molar-refractivity contribution < 1.29 is 14.9 Å². The van der Waals surface area contributed by atoms with Gasteiger partial charge in [0.05, 0.1) is 31.0 Å². The zero-order chi connectivity index (χ0) is 12.1. The van der Waals surface area contributed by atoms with Crippen LogP contribution in [0.4, 0.5) is 0 Å². The maximum absolute atomic E-state index is 8.98. The molecule has 2 rings (SSSR count). The van der Waals surface area contributed by atoms with E-state index < -0.39 is 0 Å². The highest BCUT2D eigenvalue weighted by Gasteiger charge is 2.40. The van der Waals surface area contributed by atoms with E-state index in [1.807, 2.05) is 0 Å². The van der Waals surface area contributed by atoms with E-state index in [0.29, 0.717) is 0 Å². The molecule has 4 nitrogen and oxygen atoms in total. The highest BCUT2D eigenvalue weighted by molar-refractivity contribution is 4.92. The van der Waals surface area contributed by atoms with Crippen LogP contribution in [0.3, 0.4) is 0 Å². The second kappa shape index (κ2) is 6.14. The number of aliphatic hydroxyl groups is 2. The zero-order valence-corrected chi connectivity index (χ0v) is 10.5. The first kappa shape index (κ1) is 13.3. The summed E-state index contributed by atoms with van der Waals surface area (Å²) in [5, 5.41) is 21.1. The summed E-state index contributed by atoms with van der Waals surface area (Å²) in [5.41, 5.74) is 0.165. The van der Waals surface area contributed by atoms with E-state index in [-0.39, 0.29) is 31.0 Å². The molecule has 0 aromatic carbocycles. The molecule has 1 saturated heterocycles. The van der Waals surface area contributed by atoms with Crippen LogP contribution >= 0.6 is 0 Å². The fourth-order valence-electron chi connectivity index (χ4n) is 3.09. The minimum Gasteiger partial charge on any atom is -0.395 e. The molecule has 4 heteroatoms. The summed E-state index contributed by atoms with van der Waals surface area (Å²) in [6.07, 6.45) is 8.93. The van der Waals surface area contributed by atoms with E-state index in [4.69, 9.17) is 14.9 Å². The first-order chi connectivity index (χ1) is 8.28. The normalized spacial score (nSPS) is 28.1. The van der Waals surface area contributed by atoms with Gasteiger partial charge >= 0.3 is 0 Å². The van der Waals surface area contributed by atoms with Crippen LogP contribution in [-0.4, -0.2) is 47.7 Å². The topological polar surface area (TPSA) is 61.7 Å². The summed E-state index contributed by atoms with van der Waals surface area (Å²) in [4.78, 5) is 0. The van der Waals surface area contributed by atoms with Crippen molar-refractivity contribution in [1.29, 1.82) is 0 Å². The first-order valence-electron chi connectivity index (χ1n) is 6.91. The van der Waals surface area contributed by atoms with E-state index in [9.17, 15) is 0 Å². The highest BCUT2D eigenvalue weighted by Crippen LogP contribution is 2.41. The molecule has 0 aromatic rings. The fraction of sp³-hybridized carbons (Fsp3) is 1.00. The van der Waals surface area contributed by atoms with Crippen LogP contribution in [0, 0.1) is 0 Å². The van der Waals surface area contributed by atoms with Crippen LogP contribution in [-0.2, 0) is 4.74 Å². The molecule has 1 atom stereocenters. The van der Waals surface area contributed by atoms with E-state index in [1.165, 1.54) is 38.5 Å². The van der Waals surface area contributed by atoms with Crippen molar-refractivity contribution in [3.05, 3.63) is 0 Å². The Bertz CT molecular complexity index is 225. The van der Waals surface area contributed by atoms with Crippen molar-refractivity contribution >= 4 is 0 Å². The molecule has 1 unspecified atom stereocenters. The molecule has 1 heterocycles. The summed E-state index contributed by atoms with van der Waals surface area (Å²) >= 11 is 0. The van der Waals surface area contributed by atoms with Crippen LogP contribution in [0.15, 0.2) is 0 Å². The van der Waals surface area contributed by atoms with Crippen molar-refractivity contribution in [2.75, 3.05) is 19.8 Å². The molecule has 1 saturated carbocycles. The summed E-state index contributed by atoms with van der Waals surface area (Å²) < 4.78 is 6.20. The van der Waals surface area contributed by atoms with Crippen LogP contribution in [0.25, 0.3) is 0 Å². The van der Waals surface area contributed by atoms with E-state index in [0.717, 1.165) is 13.0 Å². The lowest BCUT2D eigenvalue weighted by Gasteiger charge is -2.33. The Morgan fingerprint density at radius 2 is 1.82 bits per heavy atom. The molecule has 1 aliphatic carbocycles. The first-order valence-corrected chi connectivity index (χ1v) is 6.91. The standard InChI is InChI=1S/C13H25NO3/c15-9-11(10-16)14-8-12-4-7-13(17-12)5-2-1-3-6-13/h11-12,14-16H,1-10H2. The Hall–Kier alpha value is -0.160. The Balaban J connectivity index is 1.73. The maximum atomic E-state index is 8.98. The van der Waals surface area contributed by atoms with Gasteiger partial charge in [0.15, 0.2) is 0 Å². The molecule has 2 fully saturated rings. The number of hydrogen-bond acceptors (Lipinski definition) is 4. The number of aliphatic hydroxyl groups excluding tert-OH is 2. The summed E-state index contributed by atoms with van der Waals surface area (Å²) in [5.74, 6) is 0. The molecule has 0 aromatic heterocycles. The van der Waals surface area contributed by atoms with Crippen LogP contribution < -0.4 is 5.32 Å². The number of ether oxygens (including phenoxy) is 1. The van der Waals surface area contributed by atoms with Gasteiger partial charge in [-0.05, 0) is 25.7 Å². The lowest BCUT2D eigenvalue weighted by Crippen LogP contribution is -2.41. The molecule has 0 radical (unpaired) electrons. The quantitative estimate of drug-likeness (QED) is 0.669. The van der Waals surface area contributed by atoms with Gasteiger partial charge in [-0.15, -0.1) is 0 Å². The minimum absolute atomic E-state index is 0.0195. The van der Waals surface area contributed by atoms with Gasteiger partial charge in [0.25, 0.3) is 0 Å². The third-order valence-electron chi connectivity index (χ3n) is 4.18. The Morgan fingerprint density at radius 3 is 2.47 bits per heavy atom. The van der Waals surface area contributed by atoms with Crippen LogP contribution in [0.2, 0.25) is 0 Å². The summed E-state index contributed by atoms with van der Waals surface area (Å²) in [6.45, 7) is 0.705. The van der Waals surface area contributed by atoms with Crippen LogP contribution in [0.1, 0.15) is 44.9 Å². The fourth-order valence-corrected chi connectivity index (χ4v) is 3.09. The molecule has 100 valence electrons. The smallest absolute Gasteiger partial charge is 0.0708 e. The summed E-state index contributed by atoms with van der Waals surface area (Å²) in [7, 11) is 0. The Labute approximate surface area is 103 Å². The lowest BCUT2D eigenvalue weighted by molar-refractivity contribution is -0.0636. The molecule has 2 aliphatic rings. The van der Waals surface area contributed by atoms with Gasteiger partial charge in [-0.25, -0.2) is 0 Å². The molecular weight excluding hydrogens is 218 g/mol. The molecule has 1 aliphatic heterocycles. The SMILES string of the molecule is OCC(CO)NCC1CCC2(CCCCC2)O1. The molecule has 17 heavy (non-hydrogen) atoms. The molecule has 3 N–H and O–H groups in total. The van der Waals surface area contributed by atoms with E-state index in [2.05, 4.69) is 5.32 Å². The predicted molar refractivity (Wildman–Crippen MR) is 65.9 cm³/mol. The monoisotopic (exact) mass is 243 g/mol. The van der Waals surface area contributed by atoms with E-state index >= 15 is 0 Å². The highest BCUT2D eigenvalue weighted by atomic mass is 16.5. The predicted octanol–water partition coefficient (Wildman–Crippen LogP) is 0.811. The second-order valence-electron chi connectivity index (χ2n) is 5.49. The average Bonchev–Trinajstić information content (AvgIpc) is 2.75. The third-order valence-corrected chi connectivity index (χ3v) is 4.18. The van der Waals surface area contributed by atoms with Crippen molar-refractivity contribution in [3.8, 4) is 0 Å². The Morgan fingerprint density at radius 1 is 1.12 bits per heavy atom. The van der Waals surface area contributed by atoms with Gasteiger partial charge in [-0.1, -0.05) is 19.3 Å². The van der Waals surface area contributed by atoms with Gasteiger partial charge in [0, 0.05) is 6.54 Å². The van der Waals surface area contributed by atoms with Gasteiger partial charge in [0.2, 0.25) is 0 Å². The minimum atomic E-state index is -0.207. The van der Waals surface area contributed by atoms with Gasteiger partial charge < -0.3 is 20.3 Å². The molecule has 1 spiro atoms. The molecule has 0 bridgehead atoms.